The van der Waals surface area contributed by atoms with Crippen LogP contribution in [0.5, 0.6) is 5.75 Å². The van der Waals surface area contributed by atoms with Gasteiger partial charge in [0, 0.05) is 48.2 Å². The Labute approximate surface area is 184 Å². The number of benzene rings is 2. The minimum absolute atomic E-state index is 0.260. The van der Waals surface area contributed by atoms with E-state index in [2.05, 4.69) is 26.4 Å². The number of nitrogens with one attached hydrogen (secondary N) is 1. The van der Waals surface area contributed by atoms with Crippen molar-refractivity contribution in [3.63, 3.8) is 0 Å². The lowest BCUT2D eigenvalue weighted by atomic mass is 10.1. The molecule has 0 aliphatic heterocycles. The predicted octanol–water partition coefficient (Wildman–Crippen LogP) is 4.55. The molecular weight excluding hydrogens is 407 g/mol. The normalized spacial score (nSPS) is 11.4. The van der Waals surface area contributed by atoms with Gasteiger partial charge in [0.1, 0.15) is 23.7 Å². The quantitative estimate of drug-likeness (QED) is 0.428. The molecule has 0 aliphatic rings. The molecule has 0 spiro atoms. The molecule has 0 radical (unpaired) electrons. The summed E-state index contributed by atoms with van der Waals surface area (Å²) in [5.74, 6) is 1.12. The lowest BCUT2D eigenvalue weighted by Crippen LogP contribution is -2.13. The molecule has 0 saturated heterocycles. The van der Waals surface area contributed by atoms with Gasteiger partial charge in [0.05, 0.1) is 30.0 Å². The average molecular weight is 430 g/mol. The molecule has 5 rings (SSSR count). The van der Waals surface area contributed by atoms with Gasteiger partial charge in [-0.3, -0.25) is 4.68 Å². The molecule has 2 aromatic carbocycles. The fourth-order valence-corrected chi connectivity index (χ4v) is 4.12. The van der Waals surface area contributed by atoms with Crippen LogP contribution in [0.25, 0.3) is 33.1 Å². The van der Waals surface area contributed by atoms with Crippen molar-refractivity contribution in [1.82, 2.24) is 24.3 Å². The van der Waals surface area contributed by atoms with Gasteiger partial charge < -0.3 is 14.6 Å². The third-order valence-corrected chi connectivity index (χ3v) is 5.75. The van der Waals surface area contributed by atoms with Gasteiger partial charge in [0.15, 0.2) is 0 Å². The Morgan fingerprint density at radius 3 is 2.81 bits per heavy atom. The van der Waals surface area contributed by atoms with Gasteiger partial charge in [-0.2, -0.15) is 5.10 Å². The number of aromatic nitrogens is 5. The average Bonchev–Trinajstić information content (AvgIpc) is 3.34. The number of methoxy groups -OCH3 is 1. The van der Waals surface area contributed by atoms with Crippen LogP contribution in [-0.2, 0) is 13.6 Å². The molecule has 0 atom stereocenters. The number of rotatable bonds is 6. The van der Waals surface area contributed by atoms with E-state index in [0.717, 1.165) is 33.2 Å². The number of aryl methyl sites for hydroxylation is 2. The molecule has 162 valence electrons. The number of hydrogen-bond acceptors (Lipinski definition) is 5. The molecule has 5 aromatic rings. The Hall–Kier alpha value is -3.94. The van der Waals surface area contributed by atoms with Crippen molar-refractivity contribution in [2.45, 2.75) is 13.5 Å². The zero-order chi connectivity index (χ0) is 22.2. The molecule has 0 aliphatic carbocycles. The first-order valence-corrected chi connectivity index (χ1v) is 10.4. The van der Waals surface area contributed by atoms with Crippen LogP contribution in [0, 0.1) is 12.7 Å². The lowest BCUT2D eigenvalue weighted by Gasteiger charge is -2.12. The maximum Gasteiger partial charge on any atom is 0.147 e. The number of hydrogen-bond donors (Lipinski definition) is 1. The highest BCUT2D eigenvalue weighted by atomic mass is 19.1. The maximum atomic E-state index is 14.6. The van der Waals surface area contributed by atoms with Crippen molar-refractivity contribution in [2.75, 3.05) is 19.0 Å². The number of anilines is 1. The number of ether oxygens (including phenoxy) is 1. The van der Waals surface area contributed by atoms with E-state index in [0.29, 0.717) is 30.2 Å². The number of fused-ring (bicyclic) bond motifs is 2. The summed E-state index contributed by atoms with van der Waals surface area (Å²) in [6.07, 6.45) is 3.39. The second-order valence-electron chi connectivity index (χ2n) is 7.71. The Bertz CT molecular complexity index is 1440. The highest BCUT2D eigenvalue weighted by Crippen LogP contribution is 2.31. The fraction of sp³-hybridized carbons (Fsp3) is 0.208. The van der Waals surface area contributed by atoms with Crippen molar-refractivity contribution in [3.8, 4) is 17.0 Å². The molecule has 3 heterocycles. The van der Waals surface area contributed by atoms with Crippen LogP contribution < -0.4 is 10.1 Å². The molecule has 0 bridgehead atoms. The highest BCUT2D eigenvalue weighted by Gasteiger charge is 2.14. The zero-order valence-electron chi connectivity index (χ0n) is 18.1. The van der Waals surface area contributed by atoms with Crippen LogP contribution in [0.1, 0.15) is 5.69 Å². The molecule has 32 heavy (non-hydrogen) atoms. The van der Waals surface area contributed by atoms with Gasteiger partial charge in [0.2, 0.25) is 0 Å². The standard InChI is InChI=1S/C24H23FN6O/c1-15-10-18-22(32-3)7-6-19(25)24(18)31(15)9-8-26-23-12-20(27-14-28-23)16-4-5-17-13-29-30(2)21(17)11-16/h4-7,10-14H,8-9H2,1-3H3,(H,26,27,28). The second-order valence-corrected chi connectivity index (χ2v) is 7.71. The lowest BCUT2D eigenvalue weighted by molar-refractivity contribution is 0.419. The van der Waals surface area contributed by atoms with E-state index >= 15 is 0 Å². The largest absolute Gasteiger partial charge is 0.496 e. The molecule has 7 nitrogen and oxygen atoms in total. The smallest absolute Gasteiger partial charge is 0.147 e. The van der Waals surface area contributed by atoms with Gasteiger partial charge in [-0.05, 0) is 31.2 Å². The van der Waals surface area contributed by atoms with Crippen LogP contribution in [0.2, 0.25) is 0 Å². The summed E-state index contributed by atoms with van der Waals surface area (Å²) in [5.41, 5.74) is 4.38. The van der Waals surface area contributed by atoms with Crippen LogP contribution in [0.15, 0.2) is 55.0 Å². The summed E-state index contributed by atoms with van der Waals surface area (Å²) < 4.78 is 23.8. The first-order valence-electron chi connectivity index (χ1n) is 10.4. The monoisotopic (exact) mass is 430 g/mol. The predicted molar refractivity (Wildman–Crippen MR) is 123 cm³/mol. The Kier molecular flexibility index (Phi) is 4.97. The molecule has 8 heteroatoms. The number of nitrogens with zero attached hydrogens (tertiary/aromatic N) is 5. The van der Waals surface area contributed by atoms with Crippen molar-refractivity contribution >= 4 is 27.6 Å². The van der Waals surface area contributed by atoms with Crippen molar-refractivity contribution in [1.29, 1.82) is 0 Å². The van der Waals surface area contributed by atoms with E-state index < -0.39 is 0 Å². The van der Waals surface area contributed by atoms with Gasteiger partial charge in [0.25, 0.3) is 0 Å². The van der Waals surface area contributed by atoms with Gasteiger partial charge in [-0.15, -0.1) is 0 Å². The van der Waals surface area contributed by atoms with E-state index in [9.17, 15) is 4.39 Å². The van der Waals surface area contributed by atoms with E-state index in [1.54, 1.807) is 19.5 Å². The molecule has 0 fully saturated rings. The first kappa shape index (κ1) is 20.0. The van der Waals surface area contributed by atoms with Crippen LogP contribution in [0.4, 0.5) is 10.2 Å². The molecule has 3 aromatic heterocycles. The Morgan fingerprint density at radius 1 is 1.09 bits per heavy atom. The third-order valence-electron chi connectivity index (χ3n) is 5.75. The Morgan fingerprint density at radius 2 is 1.97 bits per heavy atom. The Balaban J connectivity index is 1.36. The van der Waals surface area contributed by atoms with E-state index in [4.69, 9.17) is 4.74 Å². The summed E-state index contributed by atoms with van der Waals surface area (Å²) in [6, 6.07) is 13.1. The summed E-state index contributed by atoms with van der Waals surface area (Å²) in [7, 11) is 3.52. The minimum Gasteiger partial charge on any atom is -0.496 e. The summed E-state index contributed by atoms with van der Waals surface area (Å²) in [4.78, 5) is 8.76. The topological polar surface area (TPSA) is 69.8 Å². The van der Waals surface area contributed by atoms with E-state index in [1.165, 1.54) is 6.07 Å². The maximum absolute atomic E-state index is 14.6. The molecule has 1 N–H and O–H groups in total. The second kappa shape index (κ2) is 7.96. The van der Waals surface area contributed by atoms with Gasteiger partial charge in [-0.25, -0.2) is 14.4 Å². The summed E-state index contributed by atoms with van der Waals surface area (Å²) in [6.45, 7) is 3.13. The van der Waals surface area contributed by atoms with Crippen molar-refractivity contribution < 1.29 is 9.13 Å². The summed E-state index contributed by atoms with van der Waals surface area (Å²) in [5, 5.41) is 9.49. The first-order chi connectivity index (χ1) is 15.5. The highest BCUT2D eigenvalue weighted by molar-refractivity contribution is 5.88. The molecule has 0 saturated carbocycles. The summed E-state index contributed by atoms with van der Waals surface area (Å²) >= 11 is 0. The fourth-order valence-electron chi connectivity index (χ4n) is 4.12. The van der Waals surface area contributed by atoms with Crippen molar-refractivity contribution in [3.05, 3.63) is 66.5 Å². The minimum atomic E-state index is -0.260. The van der Waals surface area contributed by atoms with Crippen LogP contribution >= 0.6 is 0 Å². The van der Waals surface area contributed by atoms with Gasteiger partial charge >= 0.3 is 0 Å². The molecular formula is C24H23FN6O. The SMILES string of the molecule is COc1ccc(F)c2c1cc(C)n2CCNc1cc(-c2ccc3cnn(C)c3c2)ncn1. The van der Waals surface area contributed by atoms with Crippen molar-refractivity contribution in [2.24, 2.45) is 7.05 Å². The van der Waals surface area contributed by atoms with Crippen LogP contribution in [-0.4, -0.2) is 38.0 Å². The van der Waals surface area contributed by atoms with E-state index in [-0.39, 0.29) is 5.82 Å². The van der Waals surface area contributed by atoms with E-state index in [1.807, 2.05) is 53.7 Å². The van der Waals surface area contributed by atoms with Crippen LogP contribution in [0.3, 0.4) is 0 Å². The third kappa shape index (κ3) is 3.43. The molecule has 0 unspecified atom stereocenters. The van der Waals surface area contributed by atoms with Gasteiger partial charge in [-0.1, -0.05) is 12.1 Å². The molecule has 0 amide bonds. The zero-order valence-corrected chi connectivity index (χ0v) is 18.1. The number of halogens is 1.